The molecule has 0 aromatic rings. The van der Waals surface area contributed by atoms with E-state index in [1.165, 1.54) is 0 Å². The number of hydrogen-bond acceptors (Lipinski definition) is 5. The molecule has 0 aromatic heterocycles. The van der Waals surface area contributed by atoms with Crippen LogP contribution in [0.25, 0.3) is 0 Å². The van der Waals surface area contributed by atoms with Crippen LogP contribution in [0.15, 0.2) is 0 Å². The Morgan fingerprint density at radius 2 is 1.25 bits per heavy atom. The molecule has 0 amide bonds. The highest BCUT2D eigenvalue weighted by molar-refractivity contribution is 7.38. The summed E-state index contributed by atoms with van der Waals surface area (Å²) < 4.78 is 10.8. The normalized spacial score (nSPS) is 13.1. The van der Waals surface area contributed by atoms with Crippen LogP contribution >= 0.6 is 8.03 Å². The lowest BCUT2D eigenvalue weighted by atomic mass is 9.76. The molecule has 0 aromatic carbocycles. The van der Waals surface area contributed by atoms with Crippen molar-refractivity contribution in [2.75, 3.05) is 0 Å². The predicted molar refractivity (Wildman–Crippen MR) is 47.0 cm³/mol. The number of rotatable bonds is 5. The second kappa shape index (κ2) is 4.15. The van der Waals surface area contributed by atoms with Crippen molar-refractivity contribution in [3.05, 3.63) is 0 Å². The van der Waals surface area contributed by atoms with Crippen LogP contribution < -0.4 is 4.89 Å². The van der Waals surface area contributed by atoms with Gasteiger partial charge in [-0.05, 0) is 13.8 Å². The maximum atomic E-state index is 10.8. The first-order chi connectivity index (χ1) is 7.02. The summed E-state index contributed by atoms with van der Waals surface area (Å²) in [4.78, 5) is 43.3. The van der Waals surface area contributed by atoms with E-state index >= 15 is 0 Å². The zero-order valence-electron chi connectivity index (χ0n) is 8.33. The van der Waals surface area contributed by atoms with Crippen LogP contribution in [-0.2, 0) is 18.9 Å². The van der Waals surface area contributed by atoms with Crippen molar-refractivity contribution in [1.82, 2.24) is 0 Å². The lowest BCUT2D eigenvalue weighted by molar-refractivity contribution is -0.189. The largest absolute Gasteiger partial charge is 0.595 e. The molecule has 0 heterocycles. The summed E-state index contributed by atoms with van der Waals surface area (Å²) in [7, 11) is -3.57. The third-order valence-electron chi connectivity index (χ3n) is 2.34. The highest BCUT2D eigenvalue weighted by Gasteiger charge is 2.71. The number of carbonyl (C=O) groups is 3. The van der Waals surface area contributed by atoms with Gasteiger partial charge in [-0.15, -0.1) is 0 Å². The zero-order chi connectivity index (χ0) is 13.3. The highest BCUT2D eigenvalue weighted by atomic mass is 31.1. The van der Waals surface area contributed by atoms with Gasteiger partial charge in [0, 0.05) is 0 Å². The van der Waals surface area contributed by atoms with Crippen molar-refractivity contribution in [2.45, 2.75) is 19.0 Å². The van der Waals surface area contributed by atoms with E-state index in [1.54, 1.807) is 0 Å². The SMILES string of the molecule is CC(C)([P+](=O)[O-])C(C(=O)O)(C(=O)O)C(=O)O. The molecule has 0 fully saturated rings. The summed E-state index contributed by atoms with van der Waals surface area (Å²) in [5.74, 6) is -6.72. The van der Waals surface area contributed by atoms with Crippen molar-refractivity contribution in [3.63, 3.8) is 0 Å². The third kappa shape index (κ3) is 1.66. The molecule has 0 spiro atoms. The van der Waals surface area contributed by atoms with Gasteiger partial charge in [-0.1, -0.05) is 4.57 Å². The summed E-state index contributed by atoms with van der Waals surface area (Å²) >= 11 is 0. The van der Waals surface area contributed by atoms with Crippen molar-refractivity contribution in [1.29, 1.82) is 0 Å². The second-order valence-electron chi connectivity index (χ2n) is 3.48. The number of carboxylic acid groups (broad SMARTS) is 3. The van der Waals surface area contributed by atoms with E-state index in [2.05, 4.69) is 0 Å². The predicted octanol–water partition coefficient (Wildman–Crippen LogP) is -0.892. The van der Waals surface area contributed by atoms with E-state index in [4.69, 9.17) is 15.3 Å². The smallest absolute Gasteiger partial charge is 0.337 e. The average Bonchev–Trinajstić information content (AvgIpc) is 2.00. The van der Waals surface area contributed by atoms with Gasteiger partial charge in [0.15, 0.2) is 5.16 Å². The van der Waals surface area contributed by atoms with Gasteiger partial charge >= 0.3 is 31.4 Å². The Balaban J connectivity index is 6.14. The van der Waals surface area contributed by atoms with Gasteiger partial charge in [0.25, 0.3) is 0 Å². The van der Waals surface area contributed by atoms with E-state index in [9.17, 15) is 23.8 Å². The molecule has 0 saturated heterocycles. The van der Waals surface area contributed by atoms with Crippen LogP contribution in [0.3, 0.4) is 0 Å². The summed E-state index contributed by atoms with van der Waals surface area (Å²) in [6.45, 7) is 1.46. The van der Waals surface area contributed by atoms with E-state index in [0.29, 0.717) is 0 Å². The molecule has 0 aliphatic heterocycles. The van der Waals surface area contributed by atoms with Crippen molar-refractivity contribution in [2.24, 2.45) is 5.41 Å². The third-order valence-corrected chi connectivity index (χ3v) is 3.58. The van der Waals surface area contributed by atoms with Gasteiger partial charge in [-0.2, -0.15) is 0 Å². The molecule has 0 aliphatic carbocycles. The van der Waals surface area contributed by atoms with Gasteiger partial charge < -0.3 is 20.2 Å². The fraction of sp³-hybridized carbons (Fsp3) is 0.571. The van der Waals surface area contributed by atoms with Crippen molar-refractivity contribution in [3.8, 4) is 0 Å². The van der Waals surface area contributed by atoms with Crippen LogP contribution in [-0.4, -0.2) is 38.4 Å². The Kier molecular flexibility index (Phi) is 3.75. The van der Waals surface area contributed by atoms with Crippen LogP contribution in [0.1, 0.15) is 13.8 Å². The standard InChI is InChI=1S/C7H9O8P/c1-6(2,16(14)15)7(3(8)9,4(10)11)5(12)13/h1-2H3,(H,8,9)(H,10,11)(H,12,13). The first kappa shape index (κ1) is 14.5. The van der Waals surface area contributed by atoms with Gasteiger partial charge in [0.05, 0.1) is 0 Å². The fourth-order valence-corrected chi connectivity index (χ4v) is 1.76. The molecule has 3 N–H and O–H groups in total. The lowest BCUT2D eigenvalue weighted by Gasteiger charge is -2.29. The Morgan fingerprint density at radius 3 is 1.31 bits per heavy atom. The van der Waals surface area contributed by atoms with E-state index in [1.807, 2.05) is 0 Å². The molecule has 16 heavy (non-hydrogen) atoms. The van der Waals surface area contributed by atoms with Crippen LogP contribution in [0.2, 0.25) is 0 Å². The van der Waals surface area contributed by atoms with E-state index in [-0.39, 0.29) is 0 Å². The maximum Gasteiger partial charge on any atom is 0.337 e. The monoisotopic (exact) mass is 252 g/mol. The van der Waals surface area contributed by atoms with Crippen molar-refractivity contribution < 1.29 is 39.2 Å². The molecular weight excluding hydrogens is 243 g/mol. The summed E-state index contributed by atoms with van der Waals surface area (Å²) in [5.41, 5.74) is -3.43. The molecule has 1 atom stereocenters. The summed E-state index contributed by atoms with van der Waals surface area (Å²) in [6, 6.07) is 0. The van der Waals surface area contributed by atoms with Crippen molar-refractivity contribution >= 4 is 25.9 Å². The number of aliphatic carboxylic acids is 3. The van der Waals surface area contributed by atoms with E-state index in [0.717, 1.165) is 13.8 Å². The van der Waals surface area contributed by atoms with Crippen LogP contribution in [0, 0.1) is 5.41 Å². The highest BCUT2D eigenvalue weighted by Crippen LogP contribution is 2.47. The molecule has 0 radical (unpaired) electrons. The molecule has 0 saturated carbocycles. The second-order valence-corrected chi connectivity index (χ2v) is 5.11. The summed E-state index contributed by atoms with van der Waals surface area (Å²) in [5, 5.41) is 23.7. The molecule has 0 bridgehead atoms. The molecule has 9 heteroatoms. The number of carboxylic acids is 3. The number of hydrogen-bond donors (Lipinski definition) is 3. The minimum absolute atomic E-state index is 0.731. The van der Waals surface area contributed by atoms with Crippen LogP contribution in [0.4, 0.5) is 0 Å². The zero-order valence-corrected chi connectivity index (χ0v) is 9.22. The van der Waals surface area contributed by atoms with Gasteiger partial charge in [-0.25, -0.2) is 0 Å². The molecule has 1 unspecified atom stereocenters. The van der Waals surface area contributed by atoms with Gasteiger partial charge in [-0.3, -0.25) is 14.4 Å². The Morgan fingerprint density at radius 1 is 1.00 bits per heavy atom. The Bertz CT molecular complexity index is 335. The lowest BCUT2D eigenvalue weighted by Crippen LogP contribution is -2.59. The van der Waals surface area contributed by atoms with Crippen LogP contribution in [0.5, 0.6) is 0 Å². The quantitative estimate of drug-likeness (QED) is 0.420. The average molecular weight is 252 g/mol. The molecule has 90 valence electrons. The minimum Gasteiger partial charge on any atom is -0.595 e. The fourth-order valence-electron chi connectivity index (χ4n) is 1.20. The van der Waals surface area contributed by atoms with Gasteiger partial charge in [0.2, 0.25) is 0 Å². The van der Waals surface area contributed by atoms with E-state index < -0.39 is 36.5 Å². The topological polar surface area (TPSA) is 152 Å². The minimum atomic E-state index is -3.57. The molecule has 0 rings (SSSR count). The summed E-state index contributed by atoms with van der Waals surface area (Å²) in [6.07, 6.45) is 0. The first-order valence-corrected chi connectivity index (χ1v) is 5.05. The molecule has 8 nitrogen and oxygen atoms in total. The molecular formula is C7H9O8P. The first-order valence-electron chi connectivity index (χ1n) is 3.87. The van der Waals surface area contributed by atoms with Gasteiger partial charge in [0.1, 0.15) is 0 Å². The Hall–Kier alpha value is -1.53. The Labute approximate surface area is 90.4 Å². The molecule has 0 aliphatic rings. The maximum absolute atomic E-state index is 10.8.